The van der Waals surface area contributed by atoms with Crippen LogP contribution >= 0.6 is 0 Å². The Morgan fingerprint density at radius 2 is 1.79 bits per heavy atom. The van der Waals surface area contributed by atoms with E-state index in [1.165, 1.54) is 0 Å². The first-order chi connectivity index (χ1) is 6.41. The third-order valence-electron chi connectivity index (χ3n) is 0.714. The van der Waals surface area contributed by atoms with E-state index in [0.29, 0.717) is 6.08 Å². The smallest absolute Gasteiger partial charge is 0.235 e. The van der Waals surface area contributed by atoms with Crippen LogP contribution in [0.5, 0.6) is 0 Å². The van der Waals surface area contributed by atoms with Gasteiger partial charge in [-0.25, -0.2) is 5.10 Å². The molecule has 0 amide bonds. The average molecular weight is 213 g/mol. The highest BCUT2D eigenvalue weighted by atomic mass is 19.3. The Labute approximate surface area is 75.0 Å². The number of rotatable bonds is 1. The van der Waals surface area contributed by atoms with Gasteiger partial charge < -0.3 is 0 Å². The summed E-state index contributed by atoms with van der Waals surface area (Å²) >= 11 is 0. The number of halogens is 5. The topological polar surface area (TPSA) is 41.6 Å². The molecule has 0 aliphatic carbocycles. The molecule has 0 spiro atoms. The fourth-order valence-corrected chi connectivity index (χ4v) is 0.416. The quantitative estimate of drug-likeness (QED) is 0.728. The van der Waals surface area contributed by atoms with E-state index in [2.05, 4.69) is 16.7 Å². The standard InChI is InChI=1S/C4H2F3N3.C2H2F2/c5-2(6)1-3-8-4(7)10-9-3;1-2(3)4/h1H,(H,8,9,10);1H2. The summed E-state index contributed by atoms with van der Waals surface area (Å²) < 4.78 is 54.9. The number of nitrogens with one attached hydrogen (secondary N) is 1. The van der Waals surface area contributed by atoms with Crippen molar-refractivity contribution in [3.63, 3.8) is 0 Å². The van der Waals surface area contributed by atoms with E-state index in [-0.39, 0.29) is 5.82 Å². The van der Waals surface area contributed by atoms with Crippen molar-refractivity contribution in [1.29, 1.82) is 0 Å². The van der Waals surface area contributed by atoms with Gasteiger partial charge >= 0.3 is 6.08 Å². The minimum absolute atomic E-state index is 0.361. The second-order valence-corrected chi connectivity index (χ2v) is 1.76. The summed E-state index contributed by atoms with van der Waals surface area (Å²) in [5.41, 5.74) is 0. The van der Waals surface area contributed by atoms with Crippen LogP contribution in [0.4, 0.5) is 22.0 Å². The first-order valence-electron chi connectivity index (χ1n) is 3.02. The van der Waals surface area contributed by atoms with Crippen molar-refractivity contribution in [3.8, 4) is 0 Å². The lowest BCUT2D eigenvalue weighted by atomic mass is 10.6. The van der Waals surface area contributed by atoms with Crippen LogP contribution in [0.2, 0.25) is 0 Å². The van der Waals surface area contributed by atoms with Crippen molar-refractivity contribution in [2.24, 2.45) is 0 Å². The minimum atomic E-state index is -1.96. The predicted molar refractivity (Wildman–Crippen MR) is 37.9 cm³/mol. The highest BCUT2D eigenvalue weighted by Gasteiger charge is 1.99. The van der Waals surface area contributed by atoms with Gasteiger partial charge in [0.05, 0.1) is 6.08 Å². The van der Waals surface area contributed by atoms with E-state index >= 15 is 0 Å². The summed E-state index contributed by atoms with van der Waals surface area (Å²) in [5.74, 6) is -0.363. The van der Waals surface area contributed by atoms with Gasteiger partial charge in [-0.05, 0) is 6.58 Å². The van der Waals surface area contributed by atoms with Crippen LogP contribution in [-0.2, 0) is 0 Å². The molecule has 0 saturated carbocycles. The zero-order valence-electron chi connectivity index (χ0n) is 6.57. The van der Waals surface area contributed by atoms with Crippen molar-refractivity contribution in [1.82, 2.24) is 15.2 Å². The SMILES string of the molecule is C=C(F)F.FC(F)=Cc1n[nH]c(F)n1. The molecule has 0 saturated heterocycles. The van der Waals surface area contributed by atoms with Gasteiger partial charge in [0.15, 0.2) is 5.82 Å². The molecule has 0 aromatic carbocycles. The molecule has 0 radical (unpaired) electrons. The molecule has 0 atom stereocenters. The second-order valence-electron chi connectivity index (χ2n) is 1.76. The number of aromatic amines is 1. The molecule has 1 rings (SSSR count). The molecule has 0 aliphatic rings. The van der Waals surface area contributed by atoms with Crippen LogP contribution in [0.25, 0.3) is 6.08 Å². The fourth-order valence-electron chi connectivity index (χ4n) is 0.416. The summed E-state index contributed by atoms with van der Waals surface area (Å²) in [6.07, 6.45) is -4.41. The molecule has 78 valence electrons. The largest absolute Gasteiger partial charge is 0.305 e. The van der Waals surface area contributed by atoms with E-state index < -0.39 is 18.2 Å². The molecule has 1 aromatic rings. The number of aromatic nitrogens is 3. The fraction of sp³-hybridized carbons (Fsp3) is 0. The summed E-state index contributed by atoms with van der Waals surface area (Å²) in [4.78, 5) is 2.96. The van der Waals surface area contributed by atoms with Crippen LogP contribution in [0, 0.1) is 6.08 Å². The Balaban J connectivity index is 0.000000364. The maximum atomic E-state index is 11.9. The Kier molecular flexibility index (Phi) is 5.12. The van der Waals surface area contributed by atoms with Crippen LogP contribution < -0.4 is 0 Å². The summed E-state index contributed by atoms with van der Waals surface area (Å²) in [6.45, 7) is 2.22. The van der Waals surface area contributed by atoms with Gasteiger partial charge in [-0.1, -0.05) is 0 Å². The van der Waals surface area contributed by atoms with Crippen molar-refractivity contribution >= 4 is 6.08 Å². The number of nitrogens with zero attached hydrogens (tertiary/aromatic N) is 2. The maximum absolute atomic E-state index is 11.9. The minimum Gasteiger partial charge on any atom is -0.235 e. The normalized spacial score (nSPS) is 8.64. The van der Waals surface area contributed by atoms with E-state index in [9.17, 15) is 22.0 Å². The lowest BCUT2D eigenvalue weighted by Crippen LogP contribution is -1.74. The van der Waals surface area contributed by atoms with Crippen LogP contribution in [0.15, 0.2) is 18.7 Å². The highest BCUT2D eigenvalue weighted by molar-refractivity contribution is 5.38. The molecule has 0 unspecified atom stereocenters. The third kappa shape index (κ3) is 6.95. The molecule has 0 aliphatic heterocycles. The van der Waals surface area contributed by atoms with Crippen LogP contribution in [-0.4, -0.2) is 15.2 Å². The Hall–Kier alpha value is -1.73. The van der Waals surface area contributed by atoms with Gasteiger partial charge in [-0.2, -0.15) is 32.0 Å². The highest BCUT2D eigenvalue weighted by Crippen LogP contribution is 2.02. The van der Waals surface area contributed by atoms with E-state index in [0.717, 1.165) is 0 Å². The van der Waals surface area contributed by atoms with Gasteiger partial charge in [0.25, 0.3) is 12.2 Å². The Bertz CT molecular complexity index is 324. The van der Waals surface area contributed by atoms with Crippen molar-refractivity contribution in [2.45, 2.75) is 0 Å². The molecular weight excluding hydrogens is 209 g/mol. The molecule has 14 heavy (non-hydrogen) atoms. The van der Waals surface area contributed by atoms with E-state index in [1.807, 2.05) is 0 Å². The van der Waals surface area contributed by atoms with Crippen LogP contribution in [0.1, 0.15) is 5.82 Å². The zero-order chi connectivity index (χ0) is 11.1. The lowest BCUT2D eigenvalue weighted by Gasteiger charge is -1.74. The third-order valence-corrected chi connectivity index (χ3v) is 0.714. The second kappa shape index (κ2) is 5.84. The lowest BCUT2D eigenvalue weighted by molar-refractivity contribution is 0.425. The first-order valence-corrected chi connectivity index (χ1v) is 3.02. The van der Waals surface area contributed by atoms with Gasteiger partial charge in [0.1, 0.15) is 0 Å². The van der Waals surface area contributed by atoms with Gasteiger partial charge in [0, 0.05) is 0 Å². The number of hydrogen-bond donors (Lipinski definition) is 1. The van der Waals surface area contributed by atoms with E-state index in [4.69, 9.17) is 0 Å². The number of hydrogen-bond acceptors (Lipinski definition) is 2. The average Bonchev–Trinajstić information content (AvgIpc) is 2.32. The number of H-pyrrole nitrogens is 1. The molecule has 8 heteroatoms. The van der Waals surface area contributed by atoms with Crippen LogP contribution in [0.3, 0.4) is 0 Å². The molecule has 1 aromatic heterocycles. The molecule has 0 bridgehead atoms. The molecule has 1 N–H and O–H groups in total. The first kappa shape index (κ1) is 12.3. The molecule has 0 fully saturated rings. The molecule has 3 nitrogen and oxygen atoms in total. The monoisotopic (exact) mass is 213 g/mol. The zero-order valence-corrected chi connectivity index (χ0v) is 6.57. The summed E-state index contributed by atoms with van der Waals surface area (Å²) in [7, 11) is 0. The predicted octanol–water partition coefficient (Wildman–Crippen LogP) is 2.58. The molecular formula is C6H4F5N3. The van der Waals surface area contributed by atoms with Gasteiger partial charge in [-0.15, -0.1) is 0 Å². The van der Waals surface area contributed by atoms with Gasteiger partial charge in [-0.3, -0.25) is 0 Å². The Morgan fingerprint density at radius 1 is 1.29 bits per heavy atom. The van der Waals surface area contributed by atoms with Crippen molar-refractivity contribution in [2.75, 3.05) is 0 Å². The Morgan fingerprint density at radius 3 is 2.07 bits per heavy atom. The summed E-state index contributed by atoms with van der Waals surface area (Å²) in [5, 5.41) is 4.86. The summed E-state index contributed by atoms with van der Waals surface area (Å²) in [6, 6.07) is 0. The maximum Gasteiger partial charge on any atom is 0.305 e. The van der Waals surface area contributed by atoms with Crippen molar-refractivity contribution in [3.05, 3.63) is 30.6 Å². The van der Waals surface area contributed by atoms with Gasteiger partial charge in [0.2, 0.25) is 0 Å². The van der Waals surface area contributed by atoms with Crippen molar-refractivity contribution < 1.29 is 22.0 Å². The van der Waals surface area contributed by atoms with E-state index in [1.54, 1.807) is 5.10 Å². The molecule has 1 heterocycles.